The van der Waals surface area contributed by atoms with E-state index in [1.165, 1.54) is 0 Å². The molecule has 10 heteroatoms. The second kappa shape index (κ2) is 9.52. The first-order chi connectivity index (χ1) is 17.2. The van der Waals surface area contributed by atoms with E-state index in [1.54, 1.807) is 4.68 Å². The summed E-state index contributed by atoms with van der Waals surface area (Å²) in [5.41, 5.74) is 3.92. The molecule has 0 aliphatic carbocycles. The zero-order chi connectivity index (χ0) is 23.8. The highest BCUT2D eigenvalue weighted by Crippen LogP contribution is 2.33. The number of halogens is 1. The van der Waals surface area contributed by atoms with Gasteiger partial charge in [0.1, 0.15) is 11.4 Å². The van der Waals surface area contributed by atoms with Crippen molar-refractivity contribution in [2.24, 2.45) is 0 Å². The summed E-state index contributed by atoms with van der Waals surface area (Å²) in [5, 5.41) is 14.7. The number of hydrogen-bond donors (Lipinski definition) is 0. The van der Waals surface area contributed by atoms with E-state index >= 15 is 0 Å². The van der Waals surface area contributed by atoms with Crippen molar-refractivity contribution in [1.29, 1.82) is 0 Å². The van der Waals surface area contributed by atoms with Gasteiger partial charge in [0.05, 0.1) is 30.6 Å². The minimum atomic E-state index is -0.0761. The van der Waals surface area contributed by atoms with Crippen molar-refractivity contribution in [2.75, 3.05) is 32.9 Å². The number of ether oxygens (including phenoxy) is 2. The lowest BCUT2D eigenvalue weighted by Gasteiger charge is -2.26. The smallest absolute Gasteiger partial charge is 0.254 e. The summed E-state index contributed by atoms with van der Waals surface area (Å²) in [4.78, 5) is 14.6. The number of morpholine rings is 1. The molecule has 2 aliphatic rings. The van der Waals surface area contributed by atoms with Gasteiger partial charge in [0.25, 0.3) is 5.91 Å². The Morgan fingerprint density at radius 2 is 1.86 bits per heavy atom. The summed E-state index contributed by atoms with van der Waals surface area (Å²) in [7, 11) is 0. The van der Waals surface area contributed by atoms with Gasteiger partial charge in [-0.2, -0.15) is 5.10 Å². The molecule has 0 radical (unpaired) electrons. The summed E-state index contributed by atoms with van der Waals surface area (Å²) >= 11 is 3.59. The van der Waals surface area contributed by atoms with Crippen LogP contribution in [0.4, 0.5) is 0 Å². The third kappa shape index (κ3) is 4.37. The van der Waals surface area contributed by atoms with Crippen LogP contribution in [0.5, 0.6) is 0 Å². The molecule has 1 amide bonds. The monoisotopic (exact) mass is 536 g/mol. The molecule has 2 saturated heterocycles. The zero-order valence-electron chi connectivity index (χ0n) is 19.1. The minimum Gasteiger partial charge on any atom is -0.378 e. The van der Waals surface area contributed by atoms with Crippen LogP contribution in [0.2, 0.25) is 0 Å². The lowest BCUT2D eigenvalue weighted by molar-refractivity contribution is -0.0365. The van der Waals surface area contributed by atoms with Crippen molar-refractivity contribution in [2.45, 2.75) is 25.5 Å². The molecule has 35 heavy (non-hydrogen) atoms. The van der Waals surface area contributed by atoms with Crippen molar-refractivity contribution in [3.05, 3.63) is 58.7 Å². The predicted octanol–water partition coefficient (Wildman–Crippen LogP) is 4.22. The van der Waals surface area contributed by atoms with Crippen LogP contribution in [-0.2, 0) is 9.47 Å². The van der Waals surface area contributed by atoms with Gasteiger partial charge in [0.15, 0.2) is 6.23 Å². The van der Waals surface area contributed by atoms with Crippen molar-refractivity contribution in [3.63, 3.8) is 0 Å². The van der Waals surface area contributed by atoms with Gasteiger partial charge in [-0.1, -0.05) is 21.1 Å². The number of hydrogen-bond acceptors (Lipinski definition) is 6. The van der Waals surface area contributed by atoms with E-state index < -0.39 is 0 Å². The Bertz CT molecular complexity index is 1350. The number of carbonyl (C=O) groups is 1. The SMILES string of the molecule is O=C(c1ccc(-n2cc(-c3nn(C4CCCCO4)c4ccc(Br)cc34)nn2)cc1)N1CCOCC1. The molecule has 2 aliphatic heterocycles. The van der Waals surface area contributed by atoms with Gasteiger partial charge in [0, 0.05) is 35.1 Å². The standard InChI is InChI=1S/C25H25BrN6O3/c26-18-6-9-22-20(15-18)24(28-32(22)23-3-1-2-12-35-23)21-16-31(29-27-21)19-7-4-17(5-8-19)25(33)30-10-13-34-14-11-30/h4-9,15-16,23H,1-3,10-14H2. The molecule has 4 heterocycles. The normalized spacial score (nSPS) is 18.8. The maximum Gasteiger partial charge on any atom is 0.254 e. The van der Waals surface area contributed by atoms with Crippen LogP contribution in [0.3, 0.4) is 0 Å². The van der Waals surface area contributed by atoms with Gasteiger partial charge in [-0.15, -0.1) is 5.10 Å². The molecule has 4 aromatic rings. The Morgan fingerprint density at radius 3 is 2.63 bits per heavy atom. The number of rotatable bonds is 4. The molecule has 9 nitrogen and oxygen atoms in total. The number of aromatic nitrogens is 5. The molecule has 0 N–H and O–H groups in total. The fraction of sp³-hybridized carbons (Fsp3) is 0.360. The summed E-state index contributed by atoms with van der Waals surface area (Å²) < 4.78 is 16.0. The van der Waals surface area contributed by atoms with E-state index in [9.17, 15) is 4.79 Å². The average molecular weight is 537 g/mol. The van der Waals surface area contributed by atoms with Crippen LogP contribution in [0, 0.1) is 0 Å². The summed E-state index contributed by atoms with van der Waals surface area (Å²) in [5.74, 6) is 0.0200. The van der Waals surface area contributed by atoms with Gasteiger partial charge in [-0.3, -0.25) is 4.79 Å². The maximum atomic E-state index is 12.7. The molecule has 2 aromatic heterocycles. The first-order valence-corrected chi connectivity index (χ1v) is 12.7. The van der Waals surface area contributed by atoms with Crippen LogP contribution < -0.4 is 0 Å². The summed E-state index contributed by atoms with van der Waals surface area (Å²) in [6, 6.07) is 13.6. The highest BCUT2D eigenvalue weighted by molar-refractivity contribution is 9.10. The molecule has 2 aromatic carbocycles. The number of fused-ring (bicyclic) bond motifs is 1. The molecular weight excluding hydrogens is 512 g/mol. The highest BCUT2D eigenvalue weighted by atomic mass is 79.9. The van der Waals surface area contributed by atoms with Gasteiger partial charge >= 0.3 is 0 Å². The third-order valence-corrected chi connectivity index (χ3v) is 7.00. The second-order valence-electron chi connectivity index (χ2n) is 8.78. The molecule has 2 fully saturated rings. The number of benzene rings is 2. The Labute approximate surface area is 210 Å². The van der Waals surface area contributed by atoms with Crippen molar-refractivity contribution >= 4 is 32.7 Å². The molecule has 180 valence electrons. The second-order valence-corrected chi connectivity index (χ2v) is 9.69. The quantitative estimate of drug-likeness (QED) is 0.388. The van der Waals surface area contributed by atoms with E-state index in [0.717, 1.165) is 52.6 Å². The first kappa shape index (κ1) is 22.4. The van der Waals surface area contributed by atoms with Gasteiger partial charge in [0.2, 0.25) is 0 Å². The maximum absolute atomic E-state index is 12.7. The lowest BCUT2D eigenvalue weighted by atomic mass is 10.1. The molecule has 6 rings (SSSR count). The molecule has 1 unspecified atom stereocenters. The molecule has 1 atom stereocenters. The van der Waals surface area contributed by atoms with E-state index in [1.807, 2.05) is 46.1 Å². The zero-order valence-corrected chi connectivity index (χ0v) is 20.7. The highest BCUT2D eigenvalue weighted by Gasteiger charge is 2.23. The van der Waals surface area contributed by atoms with Crippen molar-refractivity contribution in [3.8, 4) is 17.1 Å². The number of nitrogens with zero attached hydrogens (tertiary/aromatic N) is 6. The van der Waals surface area contributed by atoms with Crippen LogP contribution >= 0.6 is 15.9 Å². The van der Waals surface area contributed by atoms with Crippen molar-refractivity contribution in [1.82, 2.24) is 29.7 Å². The van der Waals surface area contributed by atoms with E-state index in [2.05, 4.69) is 38.4 Å². The van der Waals surface area contributed by atoms with E-state index in [-0.39, 0.29) is 12.1 Å². The molecule has 0 spiro atoms. The third-order valence-electron chi connectivity index (χ3n) is 6.51. The molecule has 0 saturated carbocycles. The Hall–Kier alpha value is -3.08. The largest absolute Gasteiger partial charge is 0.378 e. The van der Waals surface area contributed by atoms with Gasteiger partial charge < -0.3 is 14.4 Å². The van der Waals surface area contributed by atoms with Crippen LogP contribution in [0.15, 0.2) is 53.1 Å². The minimum absolute atomic E-state index is 0.0200. The Kier molecular flexibility index (Phi) is 6.09. The Morgan fingerprint density at radius 1 is 1.03 bits per heavy atom. The van der Waals surface area contributed by atoms with Crippen LogP contribution in [-0.4, -0.2) is 68.5 Å². The Balaban J connectivity index is 1.30. The topological polar surface area (TPSA) is 87.3 Å². The first-order valence-electron chi connectivity index (χ1n) is 11.9. The van der Waals surface area contributed by atoms with Crippen molar-refractivity contribution < 1.29 is 14.3 Å². The fourth-order valence-electron chi connectivity index (χ4n) is 4.64. The molecule has 0 bridgehead atoms. The predicted molar refractivity (Wildman–Crippen MR) is 133 cm³/mol. The average Bonchev–Trinajstić information content (AvgIpc) is 3.54. The number of carbonyl (C=O) groups excluding carboxylic acids is 1. The van der Waals surface area contributed by atoms with Crippen LogP contribution in [0.25, 0.3) is 28.0 Å². The molecular formula is C25H25BrN6O3. The van der Waals surface area contributed by atoms with E-state index in [0.29, 0.717) is 37.6 Å². The van der Waals surface area contributed by atoms with Gasteiger partial charge in [-0.05, 0) is 61.7 Å². The lowest BCUT2D eigenvalue weighted by Crippen LogP contribution is -2.40. The fourth-order valence-corrected chi connectivity index (χ4v) is 5.00. The van der Waals surface area contributed by atoms with E-state index in [4.69, 9.17) is 14.6 Å². The summed E-state index contributed by atoms with van der Waals surface area (Å²) in [6.45, 7) is 3.16. The van der Waals surface area contributed by atoms with Gasteiger partial charge in [-0.25, -0.2) is 9.36 Å². The van der Waals surface area contributed by atoms with Crippen LogP contribution in [0.1, 0.15) is 35.8 Å². The summed E-state index contributed by atoms with van der Waals surface area (Å²) in [6.07, 6.45) is 4.94. The number of amides is 1.